The summed E-state index contributed by atoms with van der Waals surface area (Å²) in [6.07, 6.45) is 0.549. The third-order valence-electron chi connectivity index (χ3n) is 4.10. The molecular weight excluding hydrogens is 376 g/mol. The molecule has 0 amide bonds. The van der Waals surface area contributed by atoms with Crippen LogP contribution in [0.25, 0.3) is 0 Å². The number of ether oxygens (including phenoxy) is 1. The van der Waals surface area contributed by atoms with E-state index >= 15 is 0 Å². The molecule has 0 unspecified atom stereocenters. The van der Waals surface area contributed by atoms with Gasteiger partial charge in [-0.1, -0.05) is 12.1 Å². The molecule has 1 heterocycles. The molecule has 0 aliphatic carbocycles. The summed E-state index contributed by atoms with van der Waals surface area (Å²) in [7, 11) is -5.69. The molecule has 0 spiro atoms. The van der Waals surface area contributed by atoms with Gasteiger partial charge in [0.15, 0.2) is 0 Å². The maximum atomic E-state index is 12.5. The van der Waals surface area contributed by atoms with Crippen LogP contribution >= 0.6 is 0 Å². The number of sulfonamides is 2. The molecule has 0 bridgehead atoms. The lowest BCUT2D eigenvalue weighted by molar-refractivity contribution is 0.416. The molecule has 0 saturated carbocycles. The Morgan fingerprint density at radius 1 is 1.15 bits per heavy atom. The Morgan fingerprint density at radius 2 is 1.92 bits per heavy atom. The van der Waals surface area contributed by atoms with Crippen molar-refractivity contribution in [3.8, 4) is 5.75 Å². The molecule has 0 radical (unpaired) electrons. The monoisotopic (exact) mass is 396 g/mol. The molecule has 1 N–H and O–H groups in total. The van der Waals surface area contributed by atoms with E-state index in [0.29, 0.717) is 30.1 Å². The summed E-state index contributed by atoms with van der Waals surface area (Å²) in [6.45, 7) is 2.19. The van der Waals surface area contributed by atoms with E-state index in [1.165, 1.54) is 29.6 Å². The van der Waals surface area contributed by atoms with Gasteiger partial charge in [-0.25, -0.2) is 16.8 Å². The van der Waals surface area contributed by atoms with Crippen LogP contribution < -0.4 is 13.8 Å². The minimum absolute atomic E-state index is 0.0951. The van der Waals surface area contributed by atoms with Gasteiger partial charge in [-0.3, -0.25) is 9.03 Å². The Kier molecular flexibility index (Phi) is 4.85. The van der Waals surface area contributed by atoms with Gasteiger partial charge in [-0.05, 0) is 43.2 Å². The number of nitrogens with zero attached hydrogens (tertiary/aromatic N) is 1. The number of hydrogen-bond acceptors (Lipinski definition) is 5. The van der Waals surface area contributed by atoms with E-state index in [0.717, 1.165) is 5.56 Å². The highest BCUT2D eigenvalue weighted by Gasteiger charge is 2.30. The molecule has 1 saturated heterocycles. The molecular formula is C17H20N2O5S2. The smallest absolute Gasteiger partial charge is 0.261 e. The fourth-order valence-electron chi connectivity index (χ4n) is 2.85. The molecule has 9 heteroatoms. The van der Waals surface area contributed by atoms with Crippen LogP contribution in [0.3, 0.4) is 0 Å². The van der Waals surface area contributed by atoms with Crippen LogP contribution in [0.4, 0.5) is 11.4 Å². The highest BCUT2D eigenvalue weighted by Crippen LogP contribution is 2.35. The Bertz CT molecular complexity index is 1030. The Morgan fingerprint density at radius 3 is 2.54 bits per heavy atom. The van der Waals surface area contributed by atoms with Crippen LogP contribution in [0, 0.1) is 6.92 Å². The maximum Gasteiger partial charge on any atom is 0.261 e. The summed E-state index contributed by atoms with van der Waals surface area (Å²) in [5, 5.41) is 0. The standard InChI is InChI=1S/C17H20N2O5S2/c1-13-5-3-6-15(11-13)26(22,23)18-14-7-8-16(17(12-14)24-2)19-9-4-10-25(19,20)21/h3,5-8,11-12,18H,4,9-10H2,1-2H3. The second-order valence-electron chi connectivity index (χ2n) is 6.05. The van der Waals surface area contributed by atoms with Gasteiger partial charge >= 0.3 is 0 Å². The Labute approximate surface area is 153 Å². The van der Waals surface area contributed by atoms with E-state index < -0.39 is 20.0 Å². The van der Waals surface area contributed by atoms with Crippen LogP contribution in [-0.2, 0) is 20.0 Å². The number of aryl methyl sites for hydroxylation is 1. The highest BCUT2D eigenvalue weighted by atomic mass is 32.2. The third kappa shape index (κ3) is 3.63. The summed E-state index contributed by atoms with van der Waals surface area (Å²) in [6, 6.07) is 11.1. The van der Waals surface area contributed by atoms with Crippen LogP contribution in [0.1, 0.15) is 12.0 Å². The quantitative estimate of drug-likeness (QED) is 0.837. The summed E-state index contributed by atoms with van der Waals surface area (Å²) >= 11 is 0. The first-order valence-electron chi connectivity index (χ1n) is 8.01. The van der Waals surface area contributed by atoms with Crippen molar-refractivity contribution in [2.45, 2.75) is 18.2 Å². The summed E-state index contributed by atoms with van der Waals surface area (Å²) in [5.74, 6) is 0.387. The van der Waals surface area contributed by atoms with Gasteiger partial charge in [0, 0.05) is 12.6 Å². The molecule has 0 atom stereocenters. The van der Waals surface area contributed by atoms with Crippen molar-refractivity contribution in [2.24, 2.45) is 0 Å². The van der Waals surface area contributed by atoms with Crippen LogP contribution in [0.2, 0.25) is 0 Å². The van der Waals surface area contributed by atoms with Gasteiger partial charge < -0.3 is 4.74 Å². The van der Waals surface area contributed by atoms with Crippen LogP contribution in [0.15, 0.2) is 47.4 Å². The lowest BCUT2D eigenvalue weighted by Gasteiger charge is -2.20. The number of hydrogen-bond donors (Lipinski definition) is 1. The van der Waals surface area contributed by atoms with Crippen molar-refractivity contribution in [3.05, 3.63) is 48.0 Å². The Balaban J connectivity index is 1.93. The molecule has 2 aromatic carbocycles. The van der Waals surface area contributed by atoms with Crippen molar-refractivity contribution in [3.63, 3.8) is 0 Å². The zero-order chi connectivity index (χ0) is 18.9. The third-order valence-corrected chi connectivity index (χ3v) is 7.33. The van der Waals surface area contributed by atoms with Crippen LogP contribution in [0.5, 0.6) is 5.75 Å². The first-order chi connectivity index (χ1) is 12.2. The number of benzene rings is 2. The highest BCUT2D eigenvalue weighted by molar-refractivity contribution is 7.93. The molecule has 1 fully saturated rings. The van der Waals surface area contributed by atoms with E-state index in [2.05, 4.69) is 4.72 Å². The molecule has 1 aliphatic rings. The predicted octanol–water partition coefficient (Wildman–Crippen LogP) is 2.34. The number of anilines is 2. The molecule has 0 aromatic heterocycles. The predicted molar refractivity (Wildman–Crippen MR) is 101 cm³/mol. The second-order valence-corrected chi connectivity index (χ2v) is 9.75. The van der Waals surface area contributed by atoms with E-state index in [-0.39, 0.29) is 10.6 Å². The molecule has 26 heavy (non-hydrogen) atoms. The minimum atomic E-state index is -3.75. The molecule has 2 aromatic rings. The molecule has 140 valence electrons. The van der Waals surface area contributed by atoms with Crippen molar-refractivity contribution in [1.82, 2.24) is 0 Å². The summed E-state index contributed by atoms with van der Waals surface area (Å²) in [4.78, 5) is 0.155. The van der Waals surface area contributed by atoms with Crippen molar-refractivity contribution in [1.29, 1.82) is 0 Å². The largest absolute Gasteiger partial charge is 0.494 e. The van der Waals surface area contributed by atoms with Crippen molar-refractivity contribution < 1.29 is 21.6 Å². The van der Waals surface area contributed by atoms with Gasteiger partial charge in [-0.15, -0.1) is 0 Å². The van der Waals surface area contributed by atoms with E-state index in [1.807, 2.05) is 13.0 Å². The SMILES string of the molecule is COc1cc(NS(=O)(=O)c2cccc(C)c2)ccc1N1CCCS1(=O)=O. The first kappa shape index (κ1) is 18.5. The van der Waals surface area contributed by atoms with Gasteiger partial charge in [0.2, 0.25) is 10.0 Å². The molecule has 1 aliphatic heterocycles. The average Bonchev–Trinajstić information content (AvgIpc) is 2.93. The zero-order valence-corrected chi connectivity index (χ0v) is 16.1. The van der Waals surface area contributed by atoms with Gasteiger partial charge in [0.25, 0.3) is 10.0 Å². The molecule has 7 nitrogen and oxygen atoms in total. The average molecular weight is 396 g/mol. The molecule has 3 rings (SSSR count). The lowest BCUT2D eigenvalue weighted by atomic mass is 10.2. The topological polar surface area (TPSA) is 92.8 Å². The fraction of sp³-hybridized carbons (Fsp3) is 0.294. The van der Waals surface area contributed by atoms with Gasteiger partial charge in [-0.2, -0.15) is 0 Å². The van der Waals surface area contributed by atoms with E-state index in [9.17, 15) is 16.8 Å². The van der Waals surface area contributed by atoms with E-state index in [4.69, 9.17) is 4.74 Å². The van der Waals surface area contributed by atoms with Crippen molar-refractivity contribution >= 4 is 31.4 Å². The Hall–Kier alpha value is -2.26. The lowest BCUT2D eigenvalue weighted by Crippen LogP contribution is -2.25. The normalized spacial score (nSPS) is 16.5. The number of nitrogens with one attached hydrogen (secondary N) is 1. The fourth-order valence-corrected chi connectivity index (χ4v) is 5.58. The summed E-state index contributed by atoms with van der Waals surface area (Å²) in [5.41, 5.74) is 1.53. The summed E-state index contributed by atoms with van der Waals surface area (Å²) < 4.78 is 58.4. The second kappa shape index (κ2) is 6.81. The maximum absolute atomic E-state index is 12.5. The minimum Gasteiger partial charge on any atom is -0.494 e. The number of methoxy groups -OCH3 is 1. The van der Waals surface area contributed by atoms with Crippen molar-refractivity contribution in [2.75, 3.05) is 28.4 Å². The van der Waals surface area contributed by atoms with E-state index in [1.54, 1.807) is 18.2 Å². The van der Waals surface area contributed by atoms with Gasteiger partial charge in [0.1, 0.15) is 5.75 Å². The zero-order valence-electron chi connectivity index (χ0n) is 14.5. The van der Waals surface area contributed by atoms with Crippen LogP contribution in [-0.4, -0.2) is 36.2 Å². The number of rotatable bonds is 5. The van der Waals surface area contributed by atoms with Gasteiger partial charge in [0.05, 0.1) is 29.1 Å². The first-order valence-corrected chi connectivity index (χ1v) is 11.1.